The molecule has 1 saturated carbocycles. The number of nitrogens with one attached hydrogen (secondary N) is 1. The summed E-state index contributed by atoms with van der Waals surface area (Å²) in [5.74, 6) is 2.57. The topological polar surface area (TPSA) is 47.0 Å². The summed E-state index contributed by atoms with van der Waals surface area (Å²) < 4.78 is 5.18. The van der Waals surface area contributed by atoms with Gasteiger partial charge in [0, 0.05) is 17.6 Å². The average molecular weight is 284 g/mol. The van der Waals surface area contributed by atoms with E-state index in [1.54, 1.807) is 7.11 Å². The molecule has 1 heterocycles. The molecule has 0 bridgehead atoms. The summed E-state index contributed by atoms with van der Waals surface area (Å²) in [6, 6.07) is 1.82. The van der Waals surface area contributed by atoms with Gasteiger partial charge in [-0.3, -0.25) is 0 Å². The highest BCUT2D eigenvalue weighted by Crippen LogP contribution is 2.35. The van der Waals surface area contributed by atoms with Gasteiger partial charge in [-0.25, -0.2) is 4.98 Å². The third-order valence-electron chi connectivity index (χ3n) is 3.90. The van der Waals surface area contributed by atoms with Crippen molar-refractivity contribution >= 4 is 17.5 Å². The largest absolute Gasteiger partial charge is 0.481 e. The highest BCUT2D eigenvalue weighted by Gasteiger charge is 2.34. The third-order valence-corrected chi connectivity index (χ3v) is 4.42. The number of rotatable bonds is 4. The van der Waals surface area contributed by atoms with Gasteiger partial charge in [0.25, 0.3) is 0 Å². The first-order valence-electron chi connectivity index (χ1n) is 6.81. The molecule has 19 heavy (non-hydrogen) atoms. The SMILES string of the molecule is COc1cc(C)nc(NC2(CCl)CCC(C)CC2)n1. The Hall–Kier alpha value is -1.03. The molecule has 4 nitrogen and oxygen atoms in total. The maximum absolute atomic E-state index is 6.20. The lowest BCUT2D eigenvalue weighted by molar-refractivity contribution is 0.285. The number of nitrogens with zero attached hydrogens (tertiary/aromatic N) is 2. The second kappa shape index (κ2) is 5.95. The predicted octanol–water partition coefficient (Wildman–Crippen LogP) is 3.39. The van der Waals surface area contributed by atoms with Crippen molar-refractivity contribution in [1.82, 2.24) is 9.97 Å². The number of hydrogen-bond acceptors (Lipinski definition) is 4. The molecule has 1 aromatic rings. The van der Waals surface area contributed by atoms with Gasteiger partial charge in [0.15, 0.2) is 0 Å². The third kappa shape index (κ3) is 3.50. The lowest BCUT2D eigenvalue weighted by atomic mass is 9.78. The van der Waals surface area contributed by atoms with Crippen molar-refractivity contribution in [3.8, 4) is 5.88 Å². The van der Waals surface area contributed by atoms with Crippen molar-refractivity contribution in [3.05, 3.63) is 11.8 Å². The van der Waals surface area contributed by atoms with E-state index in [-0.39, 0.29) is 5.54 Å². The molecule has 1 aromatic heterocycles. The first kappa shape index (κ1) is 14.4. The van der Waals surface area contributed by atoms with Crippen molar-refractivity contribution in [3.63, 3.8) is 0 Å². The molecule has 5 heteroatoms. The monoisotopic (exact) mass is 283 g/mol. The second-order valence-corrected chi connectivity index (χ2v) is 5.86. The zero-order valence-electron chi connectivity index (χ0n) is 11.9. The zero-order valence-corrected chi connectivity index (χ0v) is 12.6. The fraction of sp³-hybridized carbons (Fsp3) is 0.714. The summed E-state index contributed by atoms with van der Waals surface area (Å²) in [6.07, 6.45) is 4.53. The number of alkyl halides is 1. The van der Waals surface area contributed by atoms with Crippen molar-refractivity contribution in [2.75, 3.05) is 18.3 Å². The van der Waals surface area contributed by atoms with E-state index < -0.39 is 0 Å². The lowest BCUT2D eigenvalue weighted by Crippen LogP contribution is -2.44. The van der Waals surface area contributed by atoms with Gasteiger partial charge in [-0.1, -0.05) is 6.92 Å². The molecule has 1 aliphatic carbocycles. The fourth-order valence-corrected chi connectivity index (χ4v) is 2.88. The summed E-state index contributed by atoms with van der Waals surface area (Å²) in [6.45, 7) is 4.23. The first-order valence-corrected chi connectivity index (χ1v) is 7.34. The van der Waals surface area contributed by atoms with E-state index in [9.17, 15) is 0 Å². The van der Waals surface area contributed by atoms with Gasteiger partial charge in [0.05, 0.1) is 12.6 Å². The van der Waals surface area contributed by atoms with E-state index in [1.165, 1.54) is 12.8 Å². The first-order chi connectivity index (χ1) is 9.07. The smallest absolute Gasteiger partial charge is 0.226 e. The number of hydrogen-bond donors (Lipinski definition) is 1. The van der Waals surface area contributed by atoms with Crippen molar-refractivity contribution < 1.29 is 4.74 Å². The highest BCUT2D eigenvalue weighted by atomic mass is 35.5. The quantitative estimate of drug-likeness (QED) is 0.861. The van der Waals surface area contributed by atoms with Crippen LogP contribution in [-0.4, -0.2) is 28.5 Å². The molecule has 2 rings (SSSR count). The Labute approximate surface area is 119 Å². The number of aromatic nitrogens is 2. The lowest BCUT2D eigenvalue weighted by Gasteiger charge is -2.38. The molecule has 0 aromatic carbocycles. The van der Waals surface area contributed by atoms with Crippen LogP contribution in [0, 0.1) is 12.8 Å². The van der Waals surface area contributed by atoms with E-state index in [4.69, 9.17) is 16.3 Å². The molecule has 0 amide bonds. The van der Waals surface area contributed by atoms with Crippen LogP contribution in [0.25, 0.3) is 0 Å². The van der Waals surface area contributed by atoms with Gasteiger partial charge in [0.2, 0.25) is 11.8 Å². The minimum absolute atomic E-state index is 0.0765. The van der Waals surface area contributed by atoms with Crippen LogP contribution in [-0.2, 0) is 0 Å². The Morgan fingerprint density at radius 2 is 2.11 bits per heavy atom. The minimum Gasteiger partial charge on any atom is -0.481 e. The molecule has 1 fully saturated rings. The Balaban J connectivity index is 2.16. The molecule has 0 saturated heterocycles. The van der Waals surface area contributed by atoms with Crippen molar-refractivity contribution in [2.45, 2.75) is 45.1 Å². The molecule has 0 unspecified atom stereocenters. The van der Waals surface area contributed by atoms with Crippen LogP contribution in [0.5, 0.6) is 5.88 Å². The Bertz CT molecular complexity index is 431. The molecule has 0 spiro atoms. The molecular formula is C14H22ClN3O. The summed E-state index contributed by atoms with van der Waals surface area (Å²) in [5.41, 5.74) is 0.815. The van der Waals surface area contributed by atoms with Crippen molar-refractivity contribution in [1.29, 1.82) is 0 Å². The molecule has 1 aliphatic rings. The van der Waals surface area contributed by atoms with Gasteiger partial charge < -0.3 is 10.1 Å². The second-order valence-electron chi connectivity index (χ2n) is 5.60. The van der Waals surface area contributed by atoms with E-state index >= 15 is 0 Å². The van der Waals surface area contributed by atoms with Crippen LogP contribution in [0.15, 0.2) is 6.07 Å². The molecule has 0 radical (unpaired) electrons. The standard InChI is InChI=1S/C14H22ClN3O/c1-10-4-6-14(9-15,7-5-10)18-13-16-11(2)8-12(17-13)19-3/h8,10H,4-7,9H2,1-3H3,(H,16,17,18). The maximum Gasteiger partial charge on any atom is 0.226 e. The Kier molecular flexibility index (Phi) is 4.50. The molecular weight excluding hydrogens is 262 g/mol. The number of ether oxygens (including phenoxy) is 1. The molecule has 1 N–H and O–H groups in total. The van der Waals surface area contributed by atoms with Gasteiger partial charge in [0.1, 0.15) is 0 Å². The summed E-state index contributed by atoms with van der Waals surface area (Å²) in [7, 11) is 1.62. The van der Waals surface area contributed by atoms with Crippen LogP contribution in [0.2, 0.25) is 0 Å². The summed E-state index contributed by atoms with van der Waals surface area (Å²) in [4.78, 5) is 8.78. The van der Waals surface area contributed by atoms with Gasteiger partial charge in [-0.15, -0.1) is 11.6 Å². The number of halogens is 1. The molecule has 0 aliphatic heterocycles. The minimum atomic E-state index is -0.0765. The van der Waals surface area contributed by atoms with Gasteiger partial charge >= 0.3 is 0 Å². The van der Waals surface area contributed by atoms with E-state index in [0.717, 1.165) is 24.5 Å². The summed E-state index contributed by atoms with van der Waals surface area (Å²) in [5, 5.41) is 3.45. The molecule has 106 valence electrons. The van der Waals surface area contributed by atoms with Crippen molar-refractivity contribution in [2.24, 2.45) is 5.92 Å². The fourth-order valence-electron chi connectivity index (χ4n) is 2.54. The van der Waals surface area contributed by atoms with Crippen LogP contribution in [0.1, 0.15) is 38.3 Å². The number of anilines is 1. The zero-order chi connectivity index (χ0) is 13.9. The Morgan fingerprint density at radius 1 is 1.42 bits per heavy atom. The van der Waals surface area contributed by atoms with Crippen LogP contribution in [0.3, 0.4) is 0 Å². The predicted molar refractivity (Wildman–Crippen MR) is 78.0 cm³/mol. The summed E-state index contributed by atoms with van der Waals surface area (Å²) >= 11 is 6.20. The van der Waals surface area contributed by atoms with Crippen LogP contribution < -0.4 is 10.1 Å². The van der Waals surface area contributed by atoms with Crippen LogP contribution >= 0.6 is 11.6 Å². The molecule has 0 atom stereocenters. The average Bonchev–Trinajstić information content (AvgIpc) is 2.41. The maximum atomic E-state index is 6.20. The van der Waals surface area contributed by atoms with E-state index in [2.05, 4.69) is 22.2 Å². The normalized spacial score (nSPS) is 27.1. The van der Waals surface area contributed by atoms with E-state index in [1.807, 2.05) is 13.0 Å². The number of methoxy groups -OCH3 is 1. The van der Waals surface area contributed by atoms with Gasteiger partial charge in [-0.05, 0) is 38.5 Å². The number of aryl methyl sites for hydroxylation is 1. The van der Waals surface area contributed by atoms with Gasteiger partial charge in [-0.2, -0.15) is 4.98 Å². The Morgan fingerprint density at radius 3 is 2.68 bits per heavy atom. The van der Waals surface area contributed by atoms with E-state index in [0.29, 0.717) is 17.7 Å². The van der Waals surface area contributed by atoms with Crippen LogP contribution in [0.4, 0.5) is 5.95 Å². The highest BCUT2D eigenvalue weighted by molar-refractivity contribution is 6.18.